The number of nitrogens with one attached hydrogen (secondary N) is 1. The van der Waals surface area contributed by atoms with Crippen LogP contribution in [0.4, 0.5) is 0 Å². The minimum atomic E-state index is 0.00209. The first-order valence-electron chi connectivity index (χ1n) is 6.97. The molecule has 0 bridgehead atoms. The van der Waals surface area contributed by atoms with Gasteiger partial charge in [-0.15, -0.1) is 0 Å². The Morgan fingerprint density at radius 2 is 2.00 bits per heavy atom. The van der Waals surface area contributed by atoms with Crippen molar-refractivity contribution in [1.82, 2.24) is 5.32 Å². The summed E-state index contributed by atoms with van der Waals surface area (Å²) in [5, 5.41) is 11.7. The maximum Gasteiger partial charge on any atom is 0.251 e. The van der Waals surface area contributed by atoms with E-state index in [0.29, 0.717) is 23.9 Å². The second kappa shape index (κ2) is 6.38. The smallest absolute Gasteiger partial charge is 0.251 e. The van der Waals surface area contributed by atoms with E-state index in [4.69, 9.17) is 5.26 Å². The van der Waals surface area contributed by atoms with E-state index in [1.54, 1.807) is 12.1 Å². The topological polar surface area (TPSA) is 52.9 Å². The van der Waals surface area contributed by atoms with Gasteiger partial charge in [0.1, 0.15) is 0 Å². The van der Waals surface area contributed by atoms with Crippen LogP contribution in [0.3, 0.4) is 0 Å². The summed E-state index contributed by atoms with van der Waals surface area (Å²) in [5.41, 5.74) is 1.63. The normalized spacial score (nSPS) is 22.5. The van der Waals surface area contributed by atoms with Gasteiger partial charge in [0.2, 0.25) is 0 Å². The molecule has 1 aromatic carbocycles. The summed E-state index contributed by atoms with van der Waals surface area (Å²) >= 11 is 0. The van der Waals surface area contributed by atoms with Crippen LogP contribution in [0.15, 0.2) is 24.3 Å². The lowest BCUT2D eigenvalue weighted by Gasteiger charge is -2.29. The summed E-state index contributed by atoms with van der Waals surface area (Å²) < 4.78 is 0. The quantitative estimate of drug-likeness (QED) is 0.903. The van der Waals surface area contributed by atoms with Gasteiger partial charge in [-0.3, -0.25) is 4.79 Å². The highest BCUT2D eigenvalue weighted by Gasteiger charge is 2.23. The van der Waals surface area contributed by atoms with Gasteiger partial charge in [-0.2, -0.15) is 5.26 Å². The van der Waals surface area contributed by atoms with Crippen molar-refractivity contribution in [1.29, 1.82) is 5.26 Å². The first-order valence-corrected chi connectivity index (χ1v) is 6.97. The molecule has 0 aliphatic heterocycles. The predicted molar refractivity (Wildman–Crippen MR) is 74.6 cm³/mol. The fourth-order valence-electron chi connectivity index (χ4n) is 2.65. The Morgan fingerprint density at radius 1 is 1.32 bits per heavy atom. The second-order valence-electron chi connectivity index (χ2n) is 5.37. The Bertz CT molecular complexity index is 473. The highest BCUT2D eigenvalue weighted by Crippen LogP contribution is 2.24. The van der Waals surface area contributed by atoms with E-state index in [1.165, 1.54) is 19.3 Å². The lowest BCUT2D eigenvalue weighted by molar-refractivity contribution is 0.0910. The van der Waals surface area contributed by atoms with Crippen LogP contribution < -0.4 is 5.32 Å². The highest BCUT2D eigenvalue weighted by atomic mass is 16.1. The Labute approximate surface area is 114 Å². The van der Waals surface area contributed by atoms with Gasteiger partial charge in [-0.05, 0) is 36.5 Å². The molecule has 0 radical (unpaired) electrons. The summed E-state index contributed by atoms with van der Waals surface area (Å²) in [7, 11) is 0. The van der Waals surface area contributed by atoms with Crippen LogP contribution in [-0.2, 0) is 6.42 Å². The molecular formula is C16H20N2O. The summed E-state index contributed by atoms with van der Waals surface area (Å²) in [6, 6.07) is 9.71. The van der Waals surface area contributed by atoms with Crippen LogP contribution in [-0.4, -0.2) is 11.9 Å². The van der Waals surface area contributed by atoms with Crippen LogP contribution in [0.25, 0.3) is 0 Å². The van der Waals surface area contributed by atoms with Crippen LogP contribution in [0.1, 0.15) is 48.5 Å². The number of nitrogens with zero attached hydrogens (tertiary/aromatic N) is 1. The molecule has 2 unspecified atom stereocenters. The monoisotopic (exact) mass is 256 g/mol. The first-order chi connectivity index (χ1) is 9.20. The number of hydrogen-bond donors (Lipinski definition) is 1. The van der Waals surface area contributed by atoms with Gasteiger partial charge < -0.3 is 5.32 Å². The van der Waals surface area contributed by atoms with Crippen molar-refractivity contribution in [2.75, 3.05) is 0 Å². The van der Waals surface area contributed by atoms with E-state index in [9.17, 15) is 4.79 Å². The van der Waals surface area contributed by atoms with Crippen LogP contribution >= 0.6 is 0 Å². The maximum atomic E-state index is 12.2. The number of carbonyl (C=O) groups is 1. The van der Waals surface area contributed by atoms with Gasteiger partial charge in [-0.25, -0.2) is 0 Å². The number of nitriles is 1. The van der Waals surface area contributed by atoms with Gasteiger partial charge >= 0.3 is 0 Å². The summed E-state index contributed by atoms with van der Waals surface area (Å²) in [6.07, 6.45) is 5.15. The van der Waals surface area contributed by atoms with Gasteiger partial charge in [0.05, 0.1) is 12.5 Å². The minimum absolute atomic E-state index is 0.00209. The molecule has 3 nitrogen and oxygen atoms in total. The third-order valence-corrected chi connectivity index (χ3v) is 3.93. The lowest BCUT2D eigenvalue weighted by Crippen LogP contribution is -2.41. The van der Waals surface area contributed by atoms with Crippen LogP contribution in [0, 0.1) is 17.2 Å². The number of carbonyl (C=O) groups excluding carboxylic acids is 1. The third kappa shape index (κ3) is 3.57. The van der Waals surface area contributed by atoms with Crippen molar-refractivity contribution < 1.29 is 4.79 Å². The van der Waals surface area contributed by atoms with E-state index in [1.807, 2.05) is 12.1 Å². The van der Waals surface area contributed by atoms with Crippen molar-refractivity contribution in [3.05, 3.63) is 35.4 Å². The molecule has 1 amide bonds. The van der Waals surface area contributed by atoms with Gasteiger partial charge in [0, 0.05) is 11.6 Å². The lowest BCUT2D eigenvalue weighted by atomic mass is 9.86. The average molecular weight is 256 g/mol. The van der Waals surface area contributed by atoms with E-state index in [2.05, 4.69) is 18.3 Å². The molecule has 1 N–H and O–H groups in total. The van der Waals surface area contributed by atoms with E-state index in [-0.39, 0.29) is 5.91 Å². The Morgan fingerprint density at radius 3 is 2.63 bits per heavy atom. The zero-order valence-electron chi connectivity index (χ0n) is 11.4. The fraction of sp³-hybridized carbons (Fsp3) is 0.500. The van der Waals surface area contributed by atoms with E-state index >= 15 is 0 Å². The third-order valence-electron chi connectivity index (χ3n) is 3.93. The molecule has 0 saturated heterocycles. The Hall–Kier alpha value is -1.82. The number of hydrogen-bond acceptors (Lipinski definition) is 2. The second-order valence-corrected chi connectivity index (χ2v) is 5.37. The Balaban J connectivity index is 1.97. The van der Waals surface area contributed by atoms with Crippen molar-refractivity contribution in [3.8, 4) is 6.07 Å². The summed E-state index contributed by atoms with van der Waals surface area (Å²) in [4.78, 5) is 12.2. The molecule has 1 aromatic rings. The zero-order chi connectivity index (χ0) is 13.7. The molecule has 19 heavy (non-hydrogen) atoms. The van der Waals surface area contributed by atoms with Crippen molar-refractivity contribution in [2.24, 2.45) is 5.92 Å². The Kier molecular flexibility index (Phi) is 4.57. The number of rotatable bonds is 3. The molecule has 0 spiro atoms. The van der Waals surface area contributed by atoms with Gasteiger partial charge in [-0.1, -0.05) is 31.9 Å². The first kappa shape index (κ1) is 13.6. The highest BCUT2D eigenvalue weighted by molar-refractivity contribution is 5.94. The maximum absolute atomic E-state index is 12.2. The molecule has 1 aliphatic rings. The average Bonchev–Trinajstić information content (AvgIpc) is 2.42. The van der Waals surface area contributed by atoms with Crippen molar-refractivity contribution >= 4 is 5.91 Å². The molecule has 0 heterocycles. The van der Waals surface area contributed by atoms with Crippen LogP contribution in [0.5, 0.6) is 0 Å². The van der Waals surface area contributed by atoms with E-state index < -0.39 is 0 Å². The molecule has 3 heteroatoms. The van der Waals surface area contributed by atoms with Crippen LogP contribution in [0.2, 0.25) is 0 Å². The molecule has 1 aliphatic carbocycles. The molecule has 0 aromatic heterocycles. The number of benzene rings is 1. The van der Waals surface area contributed by atoms with Gasteiger partial charge in [0.25, 0.3) is 5.91 Å². The minimum Gasteiger partial charge on any atom is -0.349 e. The molecule has 2 rings (SSSR count). The summed E-state index contributed by atoms with van der Waals surface area (Å²) in [6.45, 7) is 2.21. The standard InChI is InChI=1S/C16H20N2O/c1-12-4-2-3-5-15(12)18-16(19)14-8-6-13(7-9-14)10-11-17/h6-9,12,15H,2-5,10H2,1H3,(H,18,19). The molecule has 1 saturated carbocycles. The summed E-state index contributed by atoms with van der Waals surface area (Å²) in [5.74, 6) is 0.567. The predicted octanol–water partition coefficient (Wildman–Crippen LogP) is 3.06. The van der Waals surface area contributed by atoms with Crippen molar-refractivity contribution in [2.45, 2.75) is 45.1 Å². The molecular weight excluding hydrogens is 236 g/mol. The molecule has 2 atom stereocenters. The SMILES string of the molecule is CC1CCCCC1NC(=O)c1ccc(CC#N)cc1. The number of amides is 1. The zero-order valence-corrected chi connectivity index (χ0v) is 11.4. The largest absolute Gasteiger partial charge is 0.349 e. The fourth-order valence-corrected chi connectivity index (χ4v) is 2.65. The van der Waals surface area contributed by atoms with Gasteiger partial charge in [0.15, 0.2) is 0 Å². The van der Waals surface area contributed by atoms with Crippen molar-refractivity contribution in [3.63, 3.8) is 0 Å². The molecule has 1 fully saturated rings. The van der Waals surface area contributed by atoms with E-state index in [0.717, 1.165) is 12.0 Å². The molecule has 100 valence electrons.